The number of aromatic nitrogens is 2. The maximum atomic E-state index is 13.0. The van der Waals surface area contributed by atoms with Crippen LogP contribution < -0.4 is 5.56 Å². The number of hydrogen-bond acceptors (Lipinski definition) is 7. The van der Waals surface area contributed by atoms with Crippen LogP contribution in [-0.2, 0) is 0 Å². The second kappa shape index (κ2) is 7.89. The van der Waals surface area contributed by atoms with E-state index >= 15 is 0 Å². The lowest BCUT2D eigenvalue weighted by Crippen LogP contribution is -2.24. The molecule has 0 unspecified atom stereocenters. The summed E-state index contributed by atoms with van der Waals surface area (Å²) < 4.78 is 1.63. The molecular formula is C20H14ClN5O4S. The maximum Gasteiger partial charge on any atom is 0.302 e. The Morgan fingerprint density at radius 1 is 1.19 bits per heavy atom. The van der Waals surface area contributed by atoms with Crippen molar-refractivity contribution >= 4 is 56.0 Å². The van der Waals surface area contributed by atoms with Crippen molar-refractivity contribution in [2.75, 3.05) is 0 Å². The minimum Gasteiger partial charge on any atom is -0.290 e. The highest BCUT2D eigenvalue weighted by Crippen LogP contribution is 2.35. The summed E-state index contributed by atoms with van der Waals surface area (Å²) in [5.41, 5.74) is -0.104. The molecule has 0 amide bonds. The molecule has 0 spiro atoms. The monoisotopic (exact) mass is 455 g/mol. The molecule has 2 aromatic heterocycles. The van der Waals surface area contributed by atoms with Gasteiger partial charge in [-0.05, 0) is 31.5 Å². The van der Waals surface area contributed by atoms with Crippen molar-refractivity contribution in [1.29, 1.82) is 0 Å². The molecule has 11 heteroatoms. The van der Waals surface area contributed by atoms with Crippen molar-refractivity contribution in [3.63, 3.8) is 0 Å². The minimum atomic E-state index is -0.727. The predicted octanol–water partition coefficient (Wildman–Crippen LogP) is 5.67. The Morgan fingerprint density at radius 3 is 2.65 bits per heavy atom. The van der Waals surface area contributed by atoms with Crippen molar-refractivity contribution in [3.8, 4) is 0 Å². The molecule has 0 bridgehead atoms. The second-order valence-electron chi connectivity index (χ2n) is 6.72. The van der Waals surface area contributed by atoms with Gasteiger partial charge in [0.2, 0.25) is 0 Å². The van der Waals surface area contributed by atoms with E-state index in [0.29, 0.717) is 5.56 Å². The first-order chi connectivity index (χ1) is 14.8. The van der Waals surface area contributed by atoms with Gasteiger partial charge in [0.05, 0.1) is 15.6 Å². The highest BCUT2D eigenvalue weighted by atomic mass is 35.5. The number of nitro benzene ring substituents is 1. The first-order valence-electron chi connectivity index (χ1n) is 8.98. The summed E-state index contributed by atoms with van der Waals surface area (Å²) in [4.78, 5) is 36.7. The highest BCUT2D eigenvalue weighted by Gasteiger charge is 2.23. The number of aromatic amines is 1. The van der Waals surface area contributed by atoms with Gasteiger partial charge in [-0.1, -0.05) is 35.9 Å². The van der Waals surface area contributed by atoms with Crippen molar-refractivity contribution < 1.29 is 9.72 Å². The van der Waals surface area contributed by atoms with Crippen molar-refractivity contribution in [2.45, 2.75) is 13.8 Å². The van der Waals surface area contributed by atoms with Crippen LogP contribution in [-0.4, -0.2) is 20.6 Å². The molecule has 4 aromatic rings. The van der Waals surface area contributed by atoms with Crippen LogP contribution >= 0.6 is 22.9 Å². The third-order valence-electron chi connectivity index (χ3n) is 4.56. The van der Waals surface area contributed by atoms with Crippen LogP contribution in [0.25, 0.3) is 10.1 Å². The average molecular weight is 456 g/mol. The van der Waals surface area contributed by atoms with Crippen LogP contribution in [0.5, 0.6) is 0 Å². The normalized spacial score (nSPS) is 11.5. The number of rotatable bonds is 4. The molecular weight excluding hydrogens is 442 g/mol. The summed E-state index contributed by atoms with van der Waals surface area (Å²) in [5.74, 6) is -0.623. The van der Waals surface area contributed by atoms with Gasteiger partial charge in [0.1, 0.15) is 4.88 Å². The fourth-order valence-electron chi connectivity index (χ4n) is 3.02. The van der Waals surface area contributed by atoms with Gasteiger partial charge in [0.15, 0.2) is 11.4 Å². The number of H-pyrrole nitrogens is 1. The molecule has 9 nitrogen and oxygen atoms in total. The zero-order valence-electron chi connectivity index (χ0n) is 16.2. The minimum absolute atomic E-state index is 0.000951. The summed E-state index contributed by atoms with van der Waals surface area (Å²) >= 11 is 7.53. The molecule has 0 aliphatic heterocycles. The number of thiophene rings is 1. The third-order valence-corrected chi connectivity index (χ3v) is 6.22. The molecule has 0 saturated carbocycles. The van der Waals surface area contributed by atoms with Gasteiger partial charge in [-0.2, -0.15) is 4.68 Å². The quantitative estimate of drug-likeness (QED) is 0.242. The molecule has 0 aliphatic rings. The Kier molecular flexibility index (Phi) is 5.25. The van der Waals surface area contributed by atoms with E-state index in [1.54, 1.807) is 26.0 Å². The number of nitro groups is 1. The fourth-order valence-corrected chi connectivity index (χ4v) is 4.46. The standard InChI is InChI=1S/C20H14ClN5O4S/c1-10-7-8-13(14(9-10)26(29)30)22-23-17-11(2)24-25(19(17)27)20(28)18-16(21)12-5-3-4-6-15(12)31-18/h3-9,24H,1-2H3. The number of carbonyl (C=O) groups excluding carboxylic acids is 1. The lowest BCUT2D eigenvalue weighted by molar-refractivity contribution is -0.384. The Balaban J connectivity index is 1.74. The van der Waals surface area contributed by atoms with E-state index in [4.69, 9.17) is 11.6 Å². The lowest BCUT2D eigenvalue weighted by atomic mass is 10.2. The van der Waals surface area contributed by atoms with Crippen LogP contribution in [0, 0.1) is 24.0 Å². The molecule has 2 aromatic carbocycles. The zero-order valence-corrected chi connectivity index (χ0v) is 17.8. The van der Waals surface area contributed by atoms with Gasteiger partial charge >= 0.3 is 5.56 Å². The largest absolute Gasteiger partial charge is 0.302 e. The number of azo groups is 1. The molecule has 0 fully saturated rings. The van der Waals surface area contributed by atoms with Crippen LogP contribution in [0.4, 0.5) is 17.1 Å². The maximum absolute atomic E-state index is 13.0. The first kappa shape index (κ1) is 20.6. The van der Waals surface area contributed by atoms with Gasteiger partial charge in [0, 0.05) is 16.2 Å². The SMILES string of the molecule is Cc1ccc(N=Nc2c(C)[nH]n(C(=O)c3sc4ccccc4c3Cl)c2=O)c([N+](=O)[O-])c1. The van der Waals surface area contributed by atoms with Crippen molar-refractivity contribution in [3.05, 3.63) is 84.1 Å². The third kappa shape index (κ3) is 3.66. The molecule has 0 aliphatic carbocycles. The average Bonchev–Trinajstić information content (AvgIpc) is 3.23. The number of halogens is 1. The van der Waals surface area contributed by atoms with Gasteiger partial charge in [-0.3, -0.25) is 24.8 Å². The summed E-state index contributed by atoms with van der Waals surface area (Å²) in [6.07, 6.45) is 0. The topological polar surface area (TPSA) is 123 Å². The van der Waals surface area contributed by atoms with Gasteiger partial charge in [-0.15, -0.1) is 21.6 Å². The zero-order chi connectivity index (χ0) is 22.3. The lowest BCUT2D eigenvalue weighted by Gasteiger charge is -1.98. The van der Waals surface area contributed by atoms with E-state index in [9.17, 15) is 19.7 Å². The predicted molar refractivity (Wildman–Crippen MR) is 118 cm³/mol. The molecule has 0 saturated heterocycles. The van der Waals surface area contributed by atoms with Crippen LogP contribution in [0.3, 0.4) is 0 Å². The molecule has 2 heterocycles. The highest BCUT2D eigenvalue weighted by molar-refractivity contribution is 7.21. The number of fused-ring (bicyclic) bond motifs is 1. The second-order valence-corrected chi connectivity index (χ2v) is 8.15. The number of nitrogens with one attached hydrogen (secondary N) is 1. The number of aryl methyl sites for hydroxylation is 2. The molecule has 31 heavy (non-hydrogen) atoms. The van der Waals surface area contributed by atoms with Gasteiger partial charge in [0.25, 0.3) is 11.6 Å². The molecule has 0 atom stereocenters. The van der Waals surface area contributed by atoms with Crippen molar-refractivity contribution in [1.82, 2.24) is 9.78 Å². The Labute approximate surface area is 183 Å². The molecule has 1 N–H and O–H groups in total. The van der Waals surface area contributed by atoms with Crippen LogP contribution in [0.2, 0.25) is 5.02 Å². The Hall–Kier alpha value is -3.63. The van der Waals surface area contributed by atoms with Gasteiger partial charge in [-0.25, -0.2) is 0 Å². The summed E-state index contributed by atoms with van der Waals surface area (Å²) in [6, 6.07) is 11.7. The van der Waals surface area contributed by atoms with Crippen molar-refractivity contribution in [2.24, 2.45) is 10.2 Å². The van der Waals surface area contributed by atoms with E-state index in [-0.39, 0.29) is 32.7 Å². The molecule has 4 rings (SSSR count). The summed E-state index contributed by atoms with van der Waals surface area (Å²) in [6.45, 7) is 3.27. The van der Waals surface area contributed by atoms with Gasteiger partial charge < -0.3 is 0 Å². The molecule has 0 radical (unpaired) electrons. The van der Waals surface area contributed by atoms with E-state index in [1.165, 1.54) is 23.5 Å². The van der Waals surface area contributed by atoms with Crippen LogP contribution in [0.1, 0.15) is 20.9 Å². The number of benzene rings is 2. The van der Waals surface area contributed by atoms with E-state index in [1.807, 2.05) is 18.2 Å². The number of nitrogens with zero attached hydrogens (tertiary/aromatic N) is 4. The van der Waals surface area contributed by atoms with E-state index in [0.717, 1.165) is 14.8 Å². The Morgan fingerprint density at radius 2 is 1.94 bits per heavy atom. The number of hydrogen-bond donors (Lipinski definition) is 1. The number of carbonyl (C=O) groups is 1. The van der Waals surface area contributed by atoms with E-state index in [2.05, 4.69) is 15.3 Å². The smallest absolute Gasteiger partial charge is 0.290 e. The summed E-state index contributed by atoms with van der Waals surface area (Å²) in [7, 11) is 0. The van der Waals surface area contributed by atoms with Crippen LogP contribution in [0.15, 0.2) is 57.5 Å². The van der Waals surface area contributed by atoms with E-state index < -0.39 is 16.4 Å². The fraction of sp³-hybridized carbons (Fsp3) is 0.100. The Bertz CT molecular complexity index is 1450. The first-order valence-corrected chi connectivity index (χ1v) is 10.2. The molecule has 156 valence electrons. The summed E-state index contributed by atoms with van der Waals surface area (Å²) in [5, 5.41) is 22.7.